The van der Waals surface area contributed by atoms with Crippen molar-refractivity contribution in [2.75, 3.05) is 7.11 Å². The topological polar surface area (TPSA) is 79.6 Å². The van der Waals surface area contributed by atoms with Crippen LogP contribution in [0.25, 0.3) is 11.0 Å². The van der Waals surface area contributed by atoms with Gasteiger partial charge in [0.2, 0.25) is 0 Å². The number of hydrogen-bond acceptors (Lipinski definition) is 5. The summed E-state index contributed by atoms with van der Waals surface area (Å²) in [7, 11) is 1.43. The van der Waals surface area contributed by atoms with E-state index in [-0.39, 0.29) is 5.58 Å². The zero-order valence-electron chi connectivity index (χ0n) is 8.35. The molecule has 82 valence electrons. The maximum atomic E-state index is 11.3. The smallest absolute Gasteiger partial charge is 0.345 e. The fraction of sp³-hybridized carbons (Fsp3) is 0.0909. The van der Waals surface area contributed by atoms with Crippen molar-refractivity contribution in [1.82, 2.24) is 0 Å². The van der Waals surface area contributed by atoms with Gasteiger partial charge in [-0.25, -0.2) is 4.79 Å². The van der Waals surface area contributed by atoms with Gasteiger partial charge in [0.1, 0.15) is 0 Å². The lowest BCUT2D eigenvalue weighted by atomic mass is 10.2. The first-order valence-corrected chi connectivity index (χ1v) is 4.45. The Hall–Kier alpha value is -2.30. The highest BCUT2D eigenvalue weighted by molar-refractivity contribution is 5.91. The molecule has 0 radical (unpaired) electrons. The van der Waals surface area contributed by atoms with E-state index in [1.807, 2.05) is 0 Å². The molecular weight excluding hydrogens is 212 g/mol. The Balaban J connectivity index is 2.83. The highest BCUT2D eigenvalue weighted by Crippen LogP contribution is 2.24. The zero-order chi connectivity index (χ0) is 11.7. The van der Waals surface area contributed by atoms with Gasteiger partial charge in [0, 0.05) is 5.39 Å². The van der Waals surface area contributed by atoms with Crippen LogP contribution >= 0.6 is 0 Å². The lowest BCUT2D eigenvalue weighted by molar-refractivity contribution is -0.255. The molecule has 0 saturated carbocycles. The molecule has 0 N–H and O–H groups in total. The molecule has 0 amide bonds. The average molecular weight is 219 g/mol. The largest absolute Gasteiger partial charge is 0.545 e. The maximum absolute atomic E-state index is 11.3. The standard InChI is InChI=1S/C11H8O5/c1-15-8-4-2-3-6-5-7(10(12)13)11(14)16-9(6)8/h2-5H,1H3,(H,12,13)/p-1. The Kier molecular flexibility index (Phi) is 2.36. The molecule has 0 bridgehead atoms. The van der Waals surface area contributed by atoms with E-state index in [1.165, 1.54) is 13.2 Å². The molecule has 0 unspecified atom stereocenters. The van der Waals surface area contributed by atoms with E-state index in [2.05, 4.69) is 0 Å². The van der Waals surface area contributed by atoms with Gasteiger partial charge in [-0.05, 0) is 12.1 Å². The SMILES string of the molecule is COc1cccc2cc(C(=O)[O-])c(=O)oc12. The summed E-state index contributed by atoms with van der Waals surface area (Å²) >= 11 is 0. The first-order chi connectivity index (χ1) is 7.63. The molecule has 0 fully saturated rings. The van der Waals surface area contributed by atoms with Gasteiger partial charge in [0.15, 0.2) is 11.3 Å². The fourth-order valence-electron chi connectivity index (χ4n) is 1.42. The van der Waals surface area contributed by atoms with Crippen molar-refractivity contribution in [3.05, 3.63) is 40.2 Å². The number of hydrogen-bond donors (Lipinski definition) is 0. The van der Waals surface area contributed by atoms with Crippen LogP contribution in [0, 0.1) is 0 Å². The first kappa shape index (κ1) is 10.2. The Morgan fingerprint density at radius 2 is 2.19 bits per heavy atom. The molecule has 5 nitrogen and oxygen atoms in total. The maximum Gasteiger partial charge on any atom is 0.345 e. The van der Waals surface area contributed by atoms with Crippen LogP contribution in [0.5, 0.6) is 5.75 Å². The summed E-state index contributed by atoms with van der Waals surface area (Å²) in [6.45, 7) is 0. The molecule has 0 aliphatic heterocycles. The number of methoxy groups -OCH3 is 1. The molecule has 2 rings (SSSR count). The van der Waals surface area contributed by atoms with E-state index in [0.29, 0.717) is 11.1 Å². The number of rotatable bonds is 2. The monoisotopic (exact) mass is 219 g/mol. The second-order valence-corrected chi connectivity index (χ2v) is 3.11. The van der Waals surface area contributed by atoms with Crippen molar-refractivity contribution in [2.45, 2.75) is 0 Å². The number of para-hydroxylation sites is 1. The van der Waals surface area contributed by atoms with Crippen LogP contribution in [0.1, 0.15) is 10.4 Å². The summed E-state index contributed by atoms with van der Waals surface area (Å²) in [5.41, 5.74) is -1.22. The van der Waals surface area contributed by atoms with Gasteiger partial charge in [-0.3, -0.25) is 0 Å². The van der Waals surface area contributed by atoms with E-state index in [1.54, 1.807) is 18.2 Å². The summed E-state index contributed by atoms with van der Waals surface area (Å²) in [6, 6.07) is 6.11. The second-order valence-electron chi connectivity index (χ2n) is 3.11. The van der Waals surface area contributed by atoms with Crippen LogP contribution in [0.2, 0.25) is 0 Å². The fourth-order valence-corrected chi connectivity index (χ4v) is 1.42. The molecule has 0 spiro atoms. The number of fused-ring (bicyclic) bond motifs is 1. The van der Waals surface area contributed by atoms with Crippen LogP contribution in [0.15, 0.2) is 33.5 Å². The molecule has 1 heterocycles. The van der Waals surface area contributed by atoms with Crippen molar-refractivity contribution in [1.29, 1.82) is 0 Å². The van der Waals surface area contributed by atoms with Crippen molar-refractivity contribution in [2.24, 2.45) is 0 Å². The van der Waals surface area contributed by atoms with Gasteiger partial charge < -0.3 is 19.1 Å². The molecule has 2 aromatic rings. The van der Waals surface area contributed by atoms with Crippen LogP contribution in [0.4, 0.5) is 0 Å². The molecule has 1 aromatic heterocycles. The van der Waals surface area contributed by atoms with Crippen molar-refractivity contribution in [3.8, 4) is 5.75 Å². The number of ether oxygens (including phenoxy) is 1. The minimum Gasteiger partial charge on any atom is -0.545 e. The summed E-state index contributed by atoms with van der Waals surface area (Å²) in [4.78, 5) is 21.9. The molecule has 0 atom stereocenters. The van der Waals surface area contributed by atoms with Crippen molar-refractivity contribution >= 4 is 16.9 Å². The van der Waals surface area contributed by atoms with E-state index in [9.17, 15) is 14.7 Å². The predicted octanol–water partition coefficient (Wildman–Crippen LogP) is 0.165. The predicted molar refractivity (Wildman–Crippen MR) is 53.4 cm³/mol. The van der Waals surface area contributed by atoms with Crippen molar-refractivity contribution < 1.29 is 19.1 Å². The van der Waals surface area contributed by atoms with Gasteiger partial charge in [-0.1, -0.05) is 12.1 Å². The molecule has 5 heteroatoms. The Morgan fingerprint density at radius 3 is 2.81 bits per heavy atom. The van der Waals surface area contributed by atoms with Gasteiger partial charge in [0.25, 0.3) is 0 Å². The normalized spacial score (nSPS) is 10.3. The second kappa shape index (κ2) is 3.69. The van der Waals surface area contributed by atoms with E-state index < -0.39 is 17.2 Å². The average Bonchev–Trinajstić information content (AvgIpc) is 2.27. The van der Waals surface area contributed by atoms with E-state index in [4.69, 9.17) is 9.15 Å². The first-order valence-electron chi connectivity index (χ1n) is 4.45. The molecular formula is C11H7O5-. The number of carbonyl (C=O) groups is 1. The summed E-state index contributed by atoms with van der Waals surface area (Å²) in [6.07, 6.45) is 0. The van der Waals surface area contributed by atoms with E-state index in [0.717, 1.165) is 0 Å². The lowest BCUT2D eigenvalue weighted by Gasteiger charge is -2.05. The molecule has 0 aliphatic carbocycles. The quantitative estimate of drug-likeness (QED) is 0.672. The Morgan fingerprint density at radius 1 is 1.44 bits per heavy atom. The van der Waals surface area contributed by atoms with E-state index >= 15 is 0 Å². The molecule has 16 heavy (non-hydrogen) atoms. The third-order valence-corrected chi connectivity index (χ3v) is 2.16. The van der Waals surface area contributed by atoms with Crippen molar-refractivity contribution in [3.63, 3.8) is 0 Å². The van der Waals surface area contributed by atoms with Crippen LogP contribution in [-0.4, -0.2) is 13.1 Å². The zero-order valence-corrected chi connectivity index (χ0v) is 8.35. The van der Waals surface area contributed by atoms with Gasteiger partial charge in [0.05, 0.1) is 18.6 Å². The highest BCUT2D eigenvalue weighted by atomic mass is 16.5. The molecule has 0 aliphatic rings. The van der Waals surface area contributed by atoms with Gasteiger partial charge >= 0.3 is 5.63 Å². The summed E-state index contributed by atoms with van der Waals surface area (Å²) < 4.78 is 9.86. The number of carboxylic acids is 1. The number of benzene rings is 1. The number of carboxylic acid groups (broad SMARTS) is 1. The Labute approximate surface area is 89.9 Å². The van der Waals surface area contributed by atoms with Crippen LogP contribution < -0.4 is 15.5 Å². The number of aromatic carboxylic acids is 1. The molecule has 0 saturated heterocycles. The molecule has 1 aromatic carbocycles. The third-order valence-electron chi connectivity index (χ3n) is 2.16. The number of carbonyl (C=O) groups excluding carboxylic acids is 1. The third kappa shape index (κ3) is 1.52. The van der Waals surface area contributed by atoms with Crippen LogP contribution in [-0.2, 0) is 0 Å². The minimum absolute atomic E-state index is 0.222. The summed E-state index contributed by atoms with van der Waals surface area (Å²) in [5.74, 6) is -1.18. The Bertz CT molecular complexity index is 611. The highest BCUT2D eigenvalue weighted by Gasteiger charge is 2.09. The summed E-state index contributed by atoms with van der Waals surface area (Å²) in [5, 5.41) is 11.1. The van der Waals surface area contributed by atoms with Gasteiger partial charge in [-0.2, -0.15) is 0 Å². The minimum atomic E-state index is -1.56. The van der Waals surface area contributed by atoms with Gasteiger partial charge in [-0.15, -0.1) is 0 Å². The lowest BCUT2D eigenvalue weighted by Crippen LogP contribution is -2.28. The van der Waals surface area contributed by atoms with Crippen LogP contribution in [0.3, 0.4) is 0 Å².